The monoisotopic (exact) mass is 380 g/mol. The lowest BCUT2D eigenvalue weighted by molar-refractivity contribution is -0.0138. The molecule has 3 aliphatic rings. The van der Waals surface area contributed by atoms with E-state index in [0.29, 0.717) is 6.10 Å². The fourth-order valence-electron chi connectivity index (χ4n) is 6.43. The average molecular weight is 381 g/mol. The van der Waals surface area contributed by atoms with Crippen molar-refractivity contribution in [3.63, 3.8) is 0 Å². The van der Waals surface area contributed by atoms with E-state index in [9.17, 15) is 0 Å². The minimum atomic E-state index is 0.521. The number of hydrogen-bond acceptors (Lipinski definition) is 1. The molecule has 1 aromatic rings. The Morgan fingerprint density at radius 1 is 0.929 bits per heavy atom. The van der Waals surface area contributed by atoms with Gasteiger partial charge in [-0.3, -0.25) is 0 Å². The molecule has 0 spiro atoms. The zero-order valence-corrected chi connectivity index (χ0v) is 18.2. The molecule has 0 aromatic heterocycles. The Morgan fingerprint density at radius 2 is 1.71 bits per heavy atom. The highest BCUT2D eigenvalue weighted by Crippen LogP contribution is 2.47. The van der Waals surface area contributed by atoms with Crippen molar-refractivity contribution in [2.24, 2.45) is 23.7 Å². The van der Waals surface area contributed by atoms with Crippen molar-refractivity contribution in [3.8, 4) is 0 Å². The molecule has 0 amide bonds. The van der Waals surface area contributed by atoms with Crippen molar-refractivity contribution < 1.29 is 4.74 Å². The molecule has 0 heterocycles. The summed E-state index contributed by atoms with van der Waals surface area (Å²) in [6, 6.07) is 7.38. The van der Waals surface area contributed by atoms with Crippen LogP contribution in [0.25, 0.3) is 0 Å². The second-order valence-electron chi connectivity index (χ2n) is 9.79. The predicted octanol–water partition coefficient (Wildman–Crippen LogP) is 6.92. The first-order chi connectivity index (χ1) is 13.8. The number of hydrogen-bond donors (Lipinski definition) is 0. The summed E-state index contributed by atoms with van der Waals surface area (Å²) in [4.78, 5) is 0. The Morgan fingerprint density at radius 3 is 2.54 bits per heavy atom. The second-order valence-corrected chi connectivity index (χ2v) is 9.79. The van der Waals surface area contributed by atoms with E-state index in [1.807, 2.05) is 0 Å². The van der Waals surface area contributed by atoms with E-state index >= 15 is 0 Å². The summed E-state index contributed by atoms with van der Waals surface area (Å²) in [6.07, 6.45) is 19.8. The van der Waals surface area contributed by atoms with Gasteiger partial charge in [0.05, 0.1) is 12.7 Å². The first-order valence-corrected chi connectivity index (χ1v) is 12.1. The summed E-state index contributed by atoms with van der Waals surface area (Å²) < 4.78 is 6.09. The van der Waals surface area contributed by atoms with Crippen LogP contribution in [-0.2, 0) is 24.0 Å². The molecule has 1 heteroatoms. The van der Waals surface area contributed by atoms with Gasteiger partial charge in [-0.1, -0.05) is 43.7 Å². The summed E-state index contributed by atoms with van der Waals surface area (Å²) in [7, 11) is 0. The lowest BCUT2D eigenvalue weighted by atomic mass is 9.62. The smallest absolute Gasteiger partial charge is 0.0651 e. The molecule has 5 atom stereocenters. The Kier molecular flexibility index (Phi) is 6.94. The highest BCUT2D eigenvalue weighted by atomic mass is 16.5. The number of fused-ring (bicyclic) bond motifs is 2. The number of aryl methyl sites for hydroxylation is 2. The standard InChI is InChI=1S/C27H40O/c1-3-5-15-28-27-14-13-25-18-24(11-12-26(25)19-27)23-10-9-21-16-20(6-4-2)7-8-22(21)17-23/h3,5,7-8,16,23-27H,4,6,9-15,17-19H2,1-2H3/b5-3+. The molecule has 0 aliphatic heterocycles. The third-order valence-electron chi connectivity index (χ3n) is 8.01. The first kappa shape index (κ1) is 20.2. The lowest BCUT2D eigenvalue weighted by Crippen LogP contribution is -2.37. The zero-order chi connectivity index (χ0) is 19.3. The van der Waals surface area contributed by atoms with E-state index in [0.717, 1.165) is 30.3 Å². The van der Waals surface area contributed by atoms with Gasteiger partial charge in [0.25, 0.3) is 0 Å². The largest absolute Gasteiger partial charge is 0.374 e. The van der Waals surface area contributed by atoms with Gasteiger partial charge < -0.3 is 4.74 Å². The molecule has 2 fully saturated rings. The molecule has 0 saturated heterocycles. The van der Waals surface area contributed by atoms with Crippen molar-refractivity contribution in [2.75, 3.05) is 6.61 Å². The van der Waals surface area contributed by atoms with Gasteiger partial charge in [0.1, 0.15) is 0 Å². The Balaban J connectivity index is 1.30. The number of benzene rings is 1. The van der Waals surface area contributed by atoms with E-state index in [1.165, 1.54) is 70.6 Å². The maximum absolute atomic E-state index is 6.09. The maximum Gasteiger partial charge on any atom is 0.0651 e. The van der Waals surface area contributed by atoms with Gasteiger partial charge in [0.15, 0.2) is 0 Å². The second kappa shape index (κ2) is 9.61. The minimum absolute atomic E-state index is 0.521. The SMILES string of the molecule is C/C=C/COC1CCC2CC(C3CCc4cc(CCC)ccc4C3)CCC2C1. The van der Waals surface area contributed by atoms with E-state index in [2.05, 4.69) is 44.2 Å². The fourth-order valence-corrected chi connectivity index (χ4v) is 6.43. The van der Waals surface area contributed by atoms with Crippen LogP contribution >= 0.6 is 0 Å². The molecule has 1 aromatic carbocycles. The van der Waals surface area contributed by atoms with Crippen LogP contribution in [-0.4, -0.2) is 12.7 Å². The van der Waals surface area contributed by atoms with Gasteiger partial charge in [0, 0.05) is 0 Å². The lowest BCUT2D eigenvalue weighted by Gasteiger charge is -2.45. The van der Waals surface area contributed by atoms with E-state index in [1.54, 1.807) is 16.7 Å². The molecule has 4 rings (SSSR count). The number of rotatable bonds is 6. The molecular weight excluding hydrogens is 340 g/mol. The average Bonchev–Trinajstić information content (AvgIpc) is 2.73. The molecular formula is C27H40O. The summed E-state index contributed by atoms with van der Waals surface area (Å²) in [6.45, 7) is 5.17. The number of ether oxygens (including phenoxy) is 1. The molecule has 0 bridgehead atoms. The minimum Gasteiger partial charge on any atom is -0.374 e. The summed E-state index contributed by atoms with van der Waals surface area (Å²) in [5.41, 5.74) is 4.88. The van der Waals surface area contributed by atoms with Gasteiger partial charge in [-0.2, -0.15) is 0 Å². The van der Waals surface area contributed by atoms with E-state index in [-0.39, 0.29) is 0 Å². The summed E-state index contributed by atoms with van der Waals surface area (Å²) >= 11 is 0. The van der Waals surface area contributed by atoms with Gasteiger partial charge in [-0.25, -0.2) is 0 Å². The van der Waals surface area contributed by atoms with Crippen molar-refractivity contribution in [2.45, 2.75) is 90.6 Å². The molecule has 3 aliphatic carbocycles. The summed E-state index contributed by atoms with van der Waals surface area (Å²) in [5.74, 6) is 3.83. The Labute approximate surface area is 173 Å². The van der Waals surface area contributed by atoms with Gasteiger partial charge in [0.2, 0.25) is 0 Å². The highest BCUT2D eigenvalue weighted by Gasteiger charge is 2.38. The Hall–Kier alpha value is -1.08. The first-order valence-electron chi connectivity index (χ1n) is 12.1. The molecule has 28 heavy (non-hydrogen) atoms. The molecule has 0 N–H and O–H groups in total. The maximum atomic E-state index is 6.09. The van der Waals surface area contributed by atoms with Crippen molar-refractivity contribution in [1.82, 2.24) is 0 Å². The van der Waals surface area contributed by atoms with Crippen molar-refractivity contribution in [1.29, 1.82) is 0 Å². The van der Waals surface area contributed by atoms with Crippen molar-refractivity contribution >= 4 is 0 Å². The quantitative estimate of drug-likeness (QED) is 0.487. The van der Waals surface area contributed by atoms with Crippen LogP contribution in [0.1, 0.15) is 81.9 Å². The van der Waals surface area contributed by atoms with Gasteiger partial charge in [-0.05, 0) is 111 Å². The van der Waals surface area contributed by atoms with Crippen LogP contribution < -0.4 is 0 Å². The van der Waals surface area contributed by atoms with Gasteiger partial charge >= 0.3 is 0 Å². The topological polar surface area (TPSA) is 9.23 Å². The molecule has 154 valence electrons. The third-order valence-corrected chi connectivity index (χ3v) is 8.01. The van der Waals surface area contributed by atoms with Crippen LogP contribution in [0.3, 0.4) is 0 Å². The zero-order valence-electron chi connectivity index (χ0n) is 18.2. The van der Waals surface area contributed by atoms with Crippen molar-refractivity contribution in [3.05, 3.63) is 47.0 Å². The molecule has 2 saturated carbocycles. The molecule has 1 nitrogen and oxygen atoms in total. The van der Waals surface area contributed by atoms with Crippen LogP contribution in [0.4, 0.5) is 0 Å². The van der Waals surface area contributed by atoms with Gasteiger partial charge in [-0.15, -0.1) is 0 Å². The normalized spacial score (nSPS) is 32.9. The van der Waals surface area contributed by atoms with Crippen LogP contribution in [0.5, 0.6) is 0 Å². The third kappa shape index (κ3) is 4.73. The van der Waals surface area contributed by atoms with Crippen LogP contribution in [0.2, 0.25) is 0 Å². The molecule has 0 radical (unpaired) electrons. The highest BCUT2D eigenvalue weighted by molar-refractivity contribution is 5.34. The summed E-state index contributed by atoms with van der Waals surface area (Å²) in [5, 5.41) is 0. The van der Waals surface area contributed by atoms with Crippen LogP contribution in [0.15, 0.2) is 30.4 Å². The van der Waals surface area contributed by atoms with E-state index in [4.69, 9.17) is 4.74 Å². The molecule has 5 unspecified atom stereocenters. The predicted molar refractivity (Wildman–Crippen MR) is 119 cm³/mol. The van der Waals surface area contributed by atoms with Crippen LogP contribution in [0, 0.1) is 23.7 Å². The van der Waals surface area contributed by atoms with E-state index < -0.39 is 0 Å². The fraction of sp³-hybridized carbons (Fsp3) is 0.704. The Bertz CT molecular complexity index is 660. The number of allylic oxidation sites excluding steroid dienone is 1.